The van der Waals surface area contributed by atoms with Gasteiger partial charge < -0.3 is 0 Å². The summed E-state index contributed by atoms with van der Waals surface area (Å²) in [6, 6.07) is 11.1. The zero-order chi connectivity index (χ0) is 19.3. The number of hydrogen-bond donors (Lipinski definition) is 0. The summed E-state index contributed by atoms with van der Waals surface area (Å²) in [5, 5.41) is 5.71. The Morgan fingerprint density at radius 2 is 2.04 bits per heavy atom. The highest BCUT2D eigenvalue weighted by Crippen LogP contribution is 2.51. The molecule has 1 heterocycles. The van der Waals surface area contributed by atoms with Crippen molar-refractivity contribution >= 4 is 16.7 Å². The Bertz CT molecular complexity index is 1050. The molecule has 4 heteroatoms. The molecule has 3 aromatic rings. The van der Waals surface area contributed by atoms with Gasteiger partial charge in [-0.25, -0.2) is 9.07 Å². The highest BCUT2D eigenvalue weighted by molar-refractivity contribution is 5.84. The van der Waals surface area contributed by atoms with Gasteiger partial charge in [0.25, 0.3) is 0 Å². The molecule has 0 radical (unpaired) electrons. The van der Waals surface area contributed by atoms with Crippen LogP contribution in [0.3, 0.4) is 0 Å². The van der Waals surface area contributed by atoms with E-state index in [1.165, 1.54) is 23.3 Å². The molecule has 2 atom stereocenters. The number of benzene rings is 2. The van der Waals surface area contributed by atoms with Crippen molar-refractivity contribution in [1.82, 2.24) is 9.78 Å². The van der Waals surface area contributed by atoms with E-state index in [1.807, 2.05) is 10.9 Å². The molecule has 2 aromatic carbocycles. The first-order valence-corrected chi connectivity index (χ1v) is 10.4. The predicted octanol–water partition coefficient (Wildman–Crippen LogP) is 5.52. The van der Waals surface area contributed by atoms with Gasteiger partial charge in [-0.05, 0) is 91.0 Å². The maximum absolute atomic E-state index is 13.3. The Balaban J connectivity index is 1.67. The van der Waals surface area contributed by atoms with Gasteiger partial charge in [-0.3, -0.25) is 4.79 Å². The van der Waals surface area contributed by atoms with Gasteiger partial charge in [-0.15, -0.1) is 0 Å². The van der Waals surface area contributed by atoms with E-state index in [9.17, 15) is 9.18 Å². The molecule has 3 nitrogen and oxygen atoms in total. The first-order valence-electron chi connectivity index (χ1n) is 10.4. The number of carbonyl (C=O) groups excluding carboxylic acids is 1. The SMILES string of the molecule is CCC12CCC(=O)CC1CCCc1cc3c(cnn3-c3ccc(F)cc3)cc12. The molecule has 144 valence electrons. The van der Waals surface area contributed by atoms with Crippen LogP contribution in [0.25, 0.3) is 16.6 Å². The van der Waals surface area contributed by atoms with Crippen LogP contribution in [0.4, 0.5) is 4.39 Å². The molecule has 0 N–H and O–H groups in total. The van der Waals surface area contributed by atoms with Gasteiger partial charge in [0.05, 0.1) is 17.4 Å². The lowest BCUT2D eigenvalue weighted by molar-refractivity contribution is -0.123. The highest BCUT2D eigenvalue weighted by atomic mass is 19.1. The molecule has 1 saturated carbocycles. The van der Waals surface area contributed by atoms with Crippen LogP contribution >= 0.6 is 0 Å². The monoisotopic (exact) mass is 376 g/mol. The molecule has 2 unspecified atom stereocenters. The fourth-order valence-electron chi connectivity index (χ4n) is 5.64. The molecule has 0 bridgehead atoms. The summed E-state index contributed by atoms with van der Waals surface area (Å²) in [6.45, 7) is 2.28. The third kappa shape index (κ3) is 2.61. The van der Waals surface area contributed by atoms with Crippen molar-refractivity contribution in [2.45, 2.75) is 57.3 Å². The lowest BCUT2D eigenvalue weighted by Crippen LogP contribution is -2.40. The van der Waals surface area contributed by atoms with E-state index in [4.69, 9.17) is 0 Å². The topological polar surface area (TPSA) is 34.9 Å². The zero-order valence-corrected chi connectivity index (χ0v) is 16.2. The minimum absolute atomic E-state index is 0.117. The maximum atomic E-state index is 13.3. The van der Waals surface area contributed by atoms with Gasteiger partial charge in [0.15, 0.2) is 0 Å². The Kier molecular flexibility index (Phi) is 4.11. The van der Waals surface area contributed by atoms with Crippen molar-refractivity contribution in [3.8, 4) is 5.69 Å². The summed E-state index contributed by atoms with van der Waals surface area (Å²) in [7, 11) is 0. The van der Waals surface area contributed by atoms with Crippen molar-refractivity contribution in [2.24, 2.45) is 5.92 Å². The number of Topliss-reactive ketones (excluding diaryl/α,β-unsaturated/α-hetero) is 1. The van der Waals surface area contributed by atoms with Crippen molar-refractivity contribution < 1.29 is 9.18 Å². The van der Waals surface area contributed by atoms with Crippen LogP contribution in [0.1, 0.15) is 56.6 Å². The number of nitrogens with zero attached hydrogens (tertiary/aromatic N) is 2. The molecule has 1 fully saturated rings. The summed E-state index contributed by atoms with van der Waals surface area (Å²) in [5.74, 6) is 0.657. The molecule has 1 aromatic heterocycles. The minimum Gasteiger partial charge on any atom is -0.300 e. The quantitative estimate of drug-likeness (QED) is 0.590. The van der Waals surface area contributed by atoms with E-state index in [0.717, 1.165) is 55.1 Å². The summed E-state index contributed by atoms with van der Waals surface area (Å²) in [6.07, 6.45) is 8.71. The number of ketones is 1. The third-order valence-electron chi connectivity index (χ3n) is 7.14. The van der Waals surface area contributed by atoms with Crippen molar-refractivity contribution in [3.63, 3.8) is 0 Å². The molecule has 0 amide bonds. The zero-order valence-electron chi connectivity index (χ0n) is 16.2. The van der Waals surface area contributed by atoms with Gasteiger partial charge in [0.2, 0.25) is 0 Å². The van der Waals surface area contributed by atoms with Gasteiger partial charge >= 0.3 is 0 Å². The Hall–Kier alpha value is -2.49. The second-order valence-corrected chi connectivity index (χ2v) is 8.44. The van der Waals surface area contributed by atoms with Gasteiger partial charge in [-0.2, -0.15) is 5.10 Å². The smallest absolute Gasteiger partial charge is 0.133 e. The van der Waals surface area contributed by atoms with Crippen LogP contribution in [0, 0.1) is 11.7 Å². The Labute approximate surface area is 164 Å². The number of carbonyl (C=O) groups is 1. The maximum Gasteiger partial charge on any atom is 0.133 e. The van der Waals surface area contributed by atoms with E-state index < -0.39 is 0 Å². The van der Waals surface area contributed by atoms with Crippen molar-refractivity contribution in [3.05, 3.63) is 59.5 Å². The second-order valence-electron chi connectivity index (χ2n) is 8.44. The number of aromatic nitrogens is 2. The van der Waals surface area contributed by atoms with Crippen LogP contribution < -0.4 is 0 Å². The fourth-order valence-corrected chi connectivity index (χ4v) is 5.64. The number of hydrogen-bond acceptors (Lipinski definition) is 2. The Morgan fingerprint density at radius 3 is 2.82 bits per heavy atom. The van der Waals surface area contributed by atoms with E-state index in [-0.39, 0.29) is 11.2 Å². The Morgan fingerprint density at radius 1 is 1.21 bits per heavy atom. The molecular weight excluding hydrogens is 351 g/mol. The fraction of sp³-hybridized carbons (Fsp3) is 0.417. The largest absolute Gasteiger partial charge is 0.300 e. The normalized spacial score (nSPS) is 24.6. The molecule has 28 heavy (non-hydrogen) atoms. The standard InChI is InChI=1S/C24H25FN2O/c1-2-24-11-10-21(28)14-18(24)5-3-4-16-13-23-17(12-22(16)24)15-26-27(23)20-8-6-19(25)7-9-20/h6-9,12-13,15,18H,2-5,10-11,14H2,1H3. The molecule has 5 rings (SSSR count). The average Bonchev–Trinajstić information content (AvgIpc) is 3.04. The first-order chi connectivity index (χ1) is 13.6. The van der Waals surface area contributed by atoms with E-state index in [1.54, 1.807) is 12.1 Å². The third-order valence-corrected chi connectivity index (χ3v) is 7.14. The van der Waals surface area contributed by atoms with E-state index in [0.29, 0.717) is 18.1 Å². The molecule has 2 aliphatic rings. The minimum atomic E-state index is -0.239. The summed E-state index contributed by atoms with van der Waals surface area (Å²) in [4.78, 5) is 12.2. The van der Waals surface area contributed by atoms with Gasteiger partial charge in [0.1, 0.15) is 11.6 Å². The van der Waals surface area contributed by atoms with Crippen LogP contribution in [-0.2, 0) is 16.6 Å². The van der Waals surface area contributed by atoms with Crippen LogP contribution in [0.5, 0.6) is 0 Å². The number of fused-ring (bicyclic) bond motifs is 4. The van der Waals surface area contributed by atoms with Gasteiger partial charge in [0, 0.05) is 18.2 Å². The number of rotatable bonds is 2. The van der Waals surface area contributed by atoms with Crippen LogP contribution in [0.15, 0.2) is 42.6 Å². The summed E-state index contributed by atoms with van der Waals surface area (Å²) >= 11 is 0. The van der Waals surface area contributed by atoms with Crippen molar-refractivity contribution in [1.29, 1.82) is 0 Å². The van der Waals surface area contributed by atoms with Gasteiger partial charge in [-0.1, -0.05) is 6.92 Å². The number of halogens is 1. The number of aryl methyl sites for hydroxylation is 1. The summed E-state index contributed by atoms with van der Waals surface area (Å²) < 4.78 is 15.2. The molecule has 0 spiro atoms. The summed E-state index contributed by atoms with van der Waals surface area (Å²) in [5.41, 5.74) is 4.90. The molecule has 2 aliphatic carbocycles. The first kappa shape index (κ1) is 17.6. The lowest BCUT2D eigenvalue weighted by atomic mass is 9.60. The lowest BCUT2D eigenvalue weighted by Gasteiger charge is -2.43. The average molecular weight is 376 g/mol. The second kappa shape index (κ2) is 6.54. The molecule has 0 saturated heterocycles. The van der Waals surface area contributed by atoms with Crippen LogP contribution in [0.2, 0.25) is 0 Å². The van der Waals surface area contributed by atoms with E-state index >= 15 is 0 Å². The van der Waals surface area contributed by atoms with Crippen molar-refractivity contribution in [2.75, 3.05) is 0 Å². The van der Waals surface area contributed by atoms with E-state index in [2.05, 4.69) is 24.2 Å². The van der Waals surface area contributed by atoms with Crippen LogP contribution in [-0.4, -0.2) is 15.6 Å². The molecular formula is C24H25FN2O. The highest BCUT2D eigenvalue weighted by Gasteiger charge is 2.45. The molecule has 0 aliphatic heterocycles. The predicted molar refractivity (Wildman–Crippen MR) is 108 cm³/mol.